The fourth-order valence-electron chi connectivity index (χ4n) is 1.02. The molecule has 0 radical (unpaired) electrons. The van der Waals surface area contributed by atoms with E-state index >= 15 is 0 Å². The SMILES string of the molecule is CONCc1cccc(OCC#N)c1. The van der Waals surface area contributed by atoms with Crippen molar-refractivity contribution < 1.29 is 9.57 Å². The average molecular weight is 192 g/mol. The molecule has 0 atom stereocenters. The molecular weight excluding hydrogens is 180 g/mol. The molecule has 74 valence electrons. The van der Waals surface area contributed by atoms with Crippen LogP contribution in [-0.4, -0.2) is 13.7 Å². The number of nitrogens with one attached hydrogen (secondary N) is 1. The Labute approximate surface area is 83.0 Å². The molecule has 0 fully saturated rings. The summed E-state index contributed by atoms with van der Waals surface area (Å²) in [4.78, 5) is 4.72. The maximum atomic E-state index is 8.33. The van der Waals surface area contributed by atoms with Crippen molar-refractivity contribution in [3.63, 3.8) is 0 Å². The van der Waals surface area contributed by atoms with Crippen LogP contribution in [0.3, 0.4) is 0 Å². The molecule has 1 aromatic rings. The monoisotopic (exact) mass is 192 g/mol. The predicted octanol–water partition coefficient (Wildman–Crippen LogP) is 1.24. The van der Waals surface area contributed by atoms with Gasteiger partial charge in [0, 0.05) is 6.54 Å². The van der Waals surface area contributed by atoms with Crippen LogP contribution in [0.2, 0.25) is 0 Å². The van der Waals surface area contributed by atoms with E-state index in [1.54, 1.807) is 7.11 Å². The molecule has 0 aliphatic heterocycles. The molecule has 1 aromatic carbocycles. The van der Waals surface area contributed by atoms with Gasteiger partial charge in [-0.05, 0) is 17.7 Å². The van der Waals surface area contributed by atoms with Crippen molar-refractivity contribution in [1.82, 2.24) is 5.48 Å². The first-order valence-electron chi connectivity index (χ1n) is 4.21. The van der Waals surface area contributed by atoms with Gasteiger partial charge in [-0.2, -0.15) is 10.7 Å². The highest BCUT2D eigenvalue weighted by Gasteiger charge is 1.95. The van der Waals surface area contributed by atoms with Crippen LogP contribution in [-0.2, 0) is 11.4 Å². The number of nitrogens with zero attached hydrogens (tertiary/aromatic N) is 1. The van der Waals surface area contributed by atoms with Crippen molar-refractivity contribution in [3.05, 3.63) is 29.8 Å². The molecule has 0 unspecified atom stereocenters. The molecule has 14 heavy (non-hydrogen) atoms. The Morgan fingerprint density at radius 2 is 2.36 bits per heavy atom. The summed E-state index contributed by atoms with van der Waals surface area (Å²) < 4.78 is 5.15. The number of nitriles is 1. The van der Waals surface area contributed by atoms with E-state index in [1.807, 2.05) is 30.3 Å². The molecule has 0 aromatic heterocycles. The van der Waals surface area contributed by atoms with Crippen molar-refractivity contribution in [2.24, 2.45) is 0 Å². The Kier molecular flexibility index (Phi) is 4.48. The van der Waals surface area contributed by atoms with Gasteiger partial charge in [-0.3, -0.25) is 0 Å². The second-order valence-electron chi connectivity index (χ2n) is 2.62. The quantitative estimate of drug-likeness (QED) is 0.713. The molecule has 1 N–H and O–H groups in total. The first kappa shape index (κ1) is 10.5. The van der Waals surface area contributed by atoms with Crippen LogP contribution in [0, 0.1) is 11.3 Å². The number of hydrogen-bond acceptors (Lipinski definition) is 4. The molecule has 0 bridgehead atoms. The summed E-state index contributed by atoms with van der Waals surface area (Å²) in [6.45, 7) is 0.682. The lowest BCUT2D eigenvalue weighted by atomic mass is 10.2. The summed E-state index contributed by atoms with van der Waals surface area (Å²) in [6, 6.07) is 9.42. The molecule has 0 amide bonds. The lowest BCUT2D eigenvalue weighted by Gasteiger charge is -2.05. The number of hydroxylamine groups is 1. The smallest absolute Gasteiger partial charge is 0.174 e. The van der Waals surface area contributed by atoms with Gasteiger partial charge in [0.2, 0.25) is 0 Å². The van der Waals surface area contributed by atoms with E-state index in [-0.39, 0.29) is 6.61 Å². The zero-order chi connectivity index (χ0) is 10.2. The molecular formula is C10H12N2O2. The summed E-state index contributed by atoms with van der Waals surface area (Å²) in [5.41, 5.74) is 3.77. The van der Waals surface area contributed by atoms with Crippen molar-refractivity contribution in [2.45, 2.75) is 6.54 Å². The Morgan fingerprint density at radius 1 is 1.50 bits per heavy atom. The lowest BCUT2D eigenvalue weighted by Crippen LogP contribution is -2.10. The largest absolute Gasteiger partial charge is 0.479 e. The zero-order valence-electron chi connectivity index (χ0n) is 7.99. The molecule has 4 nitrogen and oxygen atoms in total. The summed E-state index contributed by atoms with van der Waals surface area (Å²) >= 11 is 0. The van der Waals surface area contributed by atoms with Crippen LogP contribution >= 0.6 is 0 Å². The second-order valence-corrected chi connectivity index (χ2v) is 2.62. The molecule has 0 spiro atoms. The number of rotatable bonds is 5. The van der Waals surface area contributed by atoms with E-state index in [0.29, 0.717) is 12.3 Å². The van der Waals surface area contributed by atoms with Gasteiger partial charge in [0.15, 0.2) is 6.61 Å². The predicted molar refractivity (Wildman–Crippen MR) is 51.4 cm³/mol. The zero-order valence-corrected chi connectivity index (χ0v) is 7.99. The van der Waals surface area contributed by atoms with Gasteiger partial charge >= 0.3 is 0 Å². The van der Waals surface area contributed by atoms with Crippen molar-refractivity contribution in [3.8, 4) is 11.8 Å². The third-order valence-electron chi connectivity index (χ3n) is 1.62. The Bertz CT molecular complexity index is 320. The second kappa shape index (κ2) is 5.97. The number of hydrogen-bond donors (Lipinski definition) is 1. The highest BCUT2D eigenvalue weighted by molar-refractivity contribution is 5.28. The van der Waals surface area contributed by atoms with E-state index in [1.165, 1.54) is 0 Å². The Balaban J connectivity index is 2.55. The average Bonchev–Trinajstić information content (AvgIpc) is 2.24. The highest BCUT2D eigenvalue weighted by Crippen LogP contribution is 2.12. The van der Waals surface area contributed by atoms with Gasteiger partial charge in [-0.25, -0.2) is 0 Å². The van der Waals surface area contributed by atoms with Gasteiger partial charge in [-0.1, -0.05) is 12.1 Å². The fourth-order valence-corrected chi connectivity index (χ4v) is 1.02. The van der Waals surface area contributed by atoms with E-state index in [0.717, 1.165) is 5.56 Å². The molecule has 0 aliphatic rings. The number of benzene rings is 1. The minimum Gasteiger partial charge on any atom is -0.479 e. The summed E-state index contributed by atoms with van der Waals surface area (Å²) in [5.74, 6) is 0.696. The summed E-state index contributed by atoms with van der Waals surface area (Å²) in [7, 11) is 1.57. The summed E-state index contributed by atoms with van der Waals surface area (Å²) in [5, 5.41) is 8.33. The normalized spacial score (nSPS) is 9.43. The molecule has 4 heteroatoms. The topological polar surface area (TPSA) is 54.3 Å². The van der Waals surface area contributed by atoms with Crippen LogP contribution in [0.1, 0.15) is 5.56 Å². The maximum Gasteiger partial charge on any atom is 0.174 e. The van der Waals surface area contributed by atoms with Crippen LogP contribution in [0.4, 0.5) is 0 Å². The van der Waals surface area contributed by atoms with Crippen molar-refractivity contribution in [1.29, 1.82) is 5.26 Å². The molecule has 0 heterocycles. The third kappa shape index (κ3) is 3.44. The van der Waals surface area contributed by atoms with Gasteiger partial charge in [0.05, 0.1) is 7.11 Å². The fraction of sp³-hybridized carbons (Fsp3) is 0.300. The highest BCUT2D eigenvalue weighted by atomic mass is 16.6. The van der Waals surface area contributed by atoms with Gasteiger partial charge in [-0.15, -0.1) is 0 Å². The van der Waals surface area contributed by atoms with Gasteiger partial charge in [0.25, 0.3) is 0 Å². The number of ether oxygens (including phenoxy) is 1. The summed E-state index contributed by atoms with van der Waals surface area (Å²) in [6.07, 6.45) is 0. The first-order chi connectivity index (χ1) is 6.86. The van der Waals surface area contributed by atoms with E-state index in [2.05, 4.69) is 5.48 Å². The Hall–Kier alpha value is -1.57. The van der Waals surface area contributed by atoms with E-state index in [9.17, 15) is 0 Å². The minimum absolute atomic E-state index is 0.0706. The molecule has 1 rings (SSSR count). The maximum absolute atomic E-state index is 8.33. The van der Waals surface area contributed by atoms with Crippen LogP contribution in [0.5, 0.6) is 5.75 Å². The van der Waals surface area contributed by atoms with E-state index in [4.69, 9.17) is 14.8 Å². The lowest BCUT2D eigenvalue weighted by molar-refractivity contribution is 0.0867. The van der Waals surface area contributed by atoms with Crippen LogP contribution in [0.25, 0.3) is 0 Å². The van der Waals surface area contributed by atoms with Crippen LogP contribution < -0.4 is 10.2 Å². The Morgan fingerprint density at radius 3 is 3.07 bits per heavy atom. The van der Waals surface area contributed by atoms with Crippen molar-refractivity contribution in [2.75, 3.05) is 13.7 Å². The van der Waals surface area contributed by atoms with Gasteiger partial charge in [0.1, 0.15) is 11.8 Å². The minimum atomic E-state index is 0.0706. The molecule has 0 saturated heterocycles. The first-order valence-corrected chi connectivity index (χ1v) is 4.21. The third-order valence-corrected chi connectivity index (χ3v) is 1.62. The van der Waals surface area contributed by atoms with E-state index < -0.39 is 0 Å². The van der Waals surface area contributed by atoms with Crippen molar-refractivity contribution >= 4 is 0 Å². The molecule has 0 aliphatic carbocycles. The van der Waals surface area contributed by atoms with Crippen LogP contribution in [0.15, 0.2) is 24.3 Å². The standard InChI is InChI=1S/C10H12N2O2/c1-13-12-8-9-3-2-4-10(7-9)14-6-5-11/h2-4,7,12H,6,8H2,1H3. The molecule has 0 saturated carbocycles. The van der Waals surface area contributed by atoms with Gasteiger partial charge < -0.3 is 9.57 Å².